The zero-order chi connectivity index (χ0) is 25.2. The molecule has 1 atom stereocenters. The lowest BCUT2D eigenvalue weighted by molar-refractivity contribution is 0.101. The Bertz CT molecular complexity index is 1160. The molecule has 2 aliphatic carbocycles. The maximum Gasteiger partial charge on any atom is 0.189 e. The van der Waals surface area contributed by atoms with Crippen molar-refractivity contribution in [1.82, 2.24) is 0 Å². The van der Waals surface area contributed by atoms with Gasteiger partial charge in [0.2, 0.25) is 0 Å². The minimum Gasteiger partial charge on any atom is -0.289 e. The molecule has 2 aliphatic rings. The molecule has 0 N–H and O–H groups in total. The van der Waals surface area contributed by atoms with E-state index in [1.807, 2.05) is 30.3 Å². The monoisotopic (exact) mass is 492 g/mol. The van der Waals surface area contributed by atoms with Gasteiger partial charge in [-0.15, -0.1) is 0 Å². The molecule has 1 fully saturated rings. The fourth-order valence-electron chi connectivity index (χ4n) is 7.09. The van der Waals surface area contributed by atoms with Crippen LogP contribution in [0.3, 0.4) is 0 Å². The first kappa shape index (κ1) is 25.0. The summed E-state index contributed by atoms with van der Waals surface area (Å²) >= 11 is 0. The Kier molecular flexibility index (Phi) is 7.17. The first-order valence-corrected chi connectivity index (χ1v) is 16.1. The second kappa shape index (κ2) is 10.3. The average Bonchev–Trinajstić information content (AvgIpc) is 2.90. The first-order valence-electron chi connectivity index (χ1n) is 13.9. The van der Waals surface area contributed by atoms with Crippen LogP contribution in [-0.2, 0) is 0 Å². The Hall–Kier alpha value is -2.71. The van der Waals surface area contributed by atoms with Gasteiger partial charge < -0.3 is 0 Å². The Balaban J connectivity index is 1.61. The smallest absolute Gasteiger partial charge is 0.189 e. The molecule has 3 aromatic carbocycles. The standard InChI is InChI=1S/C34H40OSi/c1-34(2,3)36(29-20-12-6-13-21-29,30-22-14-7-15-23-30)25-28-24-31(26-16-8-4-9-17-26)32(28)33(35)27-18-10-5-11-19-27/h5-7,10-15,18-23,26,28H,4,8-9,16-17,24-25H2,1-3H3. The Morgan fingerprint density at radius 2 is 1.25 bits per heavy atom. The second-order valence-corrected chi connectivity index (χ2v) is 16.8. The van der Waals surface area contributed by atoms with E-state index in [4.69, 9.17) is 0 Å². The van der Waals surface area contributed by atoms with Gasteiger partial charge in [-0.3, -0.25) is 4.79 Å². The van der Waals surface area contributed by atoms with Gasteiger partial charge in [-0.25, -0.2) is 0 Å². The van der Waals surface area contributed by atoms with Crippen LogP contribution in [0, 0.1) is 11.8 Å². The van der Waals surface area contributed by atoms with Crippen LogP contribution in [0.15, 0.2) is 102 Å². The van der Waals surface area contributed by atoms with E-state index in [2.05, 4.69) is 81.4 Å². The van der Waals surface area contributed by atoms with E-state index >= 15 is 0 Å². The SMILES string of the molecule is CC(C)(C)[Si](CC1CC(C2CCCCC2)=C1C(=O)c1ccccc1)(c1ccccc1)c1ccccc1. The topological polar surface area (TPSA) is 17.1 Å². The molecule has 0 saturated heterocycles. The summed E-state index contributed by atoms with van der Waals surface area (Å²) in [6.45, 7) is 7.30. The van der Waals surface area contributed by atoms with E-state index in [9.17, 15) is 4.79 Å². The number of ketones is 1. The minimum atomic E-state index is -2.24. The van der Waals surface area contributed by atoms with Crippen molar-refractivity contribution in [1.29, 1.82) is 0 Å². The van der Waals surface area contributed by atoms with Crippen LogP contribution >= 0.6 is 0 Å². The predicted molar refractivity (Wildman–Crippen MR) is 155 cm³/mol. The van der Waals surface area contributed by atoms with Gasteiger partial charge >= 0.3 is 0 Å². The van der Waals surface area contributed by atoms with Gasteiger partial charge in [0.1, 0.15) is 8.07 Å². The molecular weight excluding hydrogens is 452 g/mol. The molecule has 0 radical (unpaired) electrons. The fraction of sp³-hybridized carbons (Fsp3) is 0.382. The molecule has 0 amide bonds. The lowest BCUT2D eigenvalue weighted by Crippen LogP contribution is -2.65. The lowest BCUT2D eigenvalue weighted by atomic mass is 9.67. The van der Waals surface area contributed by atoms with Crippen molar-refractivity contribution in [3.05, 3.63) is 108 Å². The third kappa shape index (κ3) is 4.57. The summed E-state index contributed by atoms with van der Waals surface area (Å²) in [4.78, 5) is 14.1. The molecule has 0 heterocycles. The number of hydrogen-bond donors (Lipinski definition) is 0. The number of carbonyl (C=O) groups excluding carboxylic acids is 1. The molecule has 36 heavy (non-hydrogen) atoms. The Morgan fingerprint density at radius 3 is 1.75 bits per heavy atom. The summed E-state index contributed by atoms with van der Waals surface area (Å²) in [5, 5.41) is 3.08. The van der Waals surface area contributed by atoms with Crippen molar-refractivity contribution in [3.63, 3.8) is 0 Å². The quantitative estimate of drug-likeness (QED) is 0.243. The van der Waals surface area contributed by atoms with Crippen molar-refractivity contribution in [2.24, 2.45) is 11.8 Å². The van der Waals surface area contributed by atoms with E-state index in [1.54, 1.807) is 0 Å². The molecule has 0 spiro atoms. The van der Waals surface area contributed by atoms with Gasteiger partial charge in [-0.2, -0.15) is 0 Å². The number of rotatable bonds is 7. The van der Waals surface area contributed by atoms with Gasteiger partial charge in [0.25, 0.3) is 0 Å². The highest BCUT2D eigenvalue weighted by molar-refractivity contribution is 7.04. The zero-order valence-electron chi connectivity index (χ0n) is 22.2. The maximum absolute atomic E-state index is 14.1. The maximum atomic E-state index is 14.1. The van der Waals surface area contributed by atoms with Crippen molar-refractivity contribution in [2.45, 2.75) is 70.4 Å². The summed E-state index contributed by atoms with van der Waals surface area (Å²) in [6.07, 6.45) is 7.57. The summed E-state index contributed by atoms with van der Waals surface area (Å²) in [6, 6.07) is 33.6. The van der Waals surface area contributed by atoms with Gasteiger partial charge in [0, 0.05) is 11.1 Å². The molecule has 0 aromatic heterocycles. The summed E-state index contributed by atoms with van der Waals surface area (Å²) in [7, 11) is -2.24. The Morgan fingerprint density at radius 1 is 0.750 bits per heavy atom. The van der Waals surface area contributed by atoms with Gasteiger partial charge in [-0.05, 0) is 42.2 Å². The first-order chi connectivity index (χ1) is 17.4. The summed E-state index contributed by atoms with van der Waals surface area (Å²) in [5.74, 6) is 1.23. The minimum absolute atomic E-state index is 0.108. The third-order valence-corrected chi connectivity index (χ3v) is 15.3. The zero-order valence-corrected chi connectivity index (χ0v) is 23.2. The Labute approximate surface area is 218 Å². The van der Waals surface area contributed by atoms with E-state index in [1.165, 1.54) is 53.6 Å². The molecule has 1 saturated carbocycles. The van der Waals surface area contributed by atoms with Crippen molar-refractivity contribution >= 4 is 24.2 Å². The average molecular weight is 493 g/mol. The molecule has 5 rings (SSSR count). The van der Waals surface area contributed by atoms with Crippen LogP contribution in [0.4, 0.5) is 0 Å². The van der Waals surface area contributed by atoms with E-state index < -0.39 is 8.07 Å². The molecule has 0 aliphatic heterocycles. The van der Waals surface area contributed by atoms with E-state index in [0.717, 1.165) is 18.0 Å². The number of Topliss-reactive ketones (excluding diaryl/α,β-unsaturated/α-hetero) is 1. The molecular formula is C34H40OSi. The van der Waals surface area contributed by atoms with Crippen LogP contribution in [0.5, 0.6) is 0 Å². The van der Waals surface area contributed by atoms with Gasteiger partial charge in [0.15, 0.2) is 5.78 Å². The number of hydrogen-bond acceptors (Lipinski definition) is 1. The van der Waals surface area contributed by atoms with E-state index in [-0.39, 0.29) is 10.8 Å². The number of carbonyl (C=O) groups is 1. The summed E-state index contributed by atoms with van der Waals surface area (Å²) in [5.41, 5.74) is 3.51. The second-order valence-electron chi connectivity index (χ2n) is 12.0. The van der Waals surface area contributed by atoms with Crippen LogP contribution in [0.2, 0.25) is 11.1 Å². The van der Waals surface area contributed by atoms with Crippen molar-refractivity contribution < 1.29 is 4.79 Å². The highest BCUT2D eigenvalue weighted by Crippen LogP contribution is 2.51. The predicted octanol–water partition coefficient (Wildman–Crippen LogP) is 7.83. The van der Waals surface area contributed by atoms with Crippen LogP contribution in [-0.4, -0.2) is 13.9 Å². The third-order valence-electron chi connectivity index (χ3n) is 8.97. The molecule has 1 nitrogen and oxygen atoms in total. The molecule has 186 valence electrons. The van der Waals surface area contributed by atoms with Gasteiger partial charge in [0.05, 0.1) is 0 Å². The lowest BCUT2D eigenvalue weighted by Gasteiger charge is -2.49. The largest absolute Gasteiger partial charge is 0.289 e. The highest BCUT2D eigenvalue weighted by Gasteiger charge is 2.51. The molecule has 0 bridgehead atoms. The van der Waals surface area contributed by atoms with Crippen LogP contribution in [0.1, 0.15) is 69.7 Å². The number of benzene rings is 3. The van der Waals surface area contributed by atoms with E-state index in [0.29, 0.717) is 11.8 Å². The van der Waals surface area contributed by atoms with Crippen molar-refractivity contribution in [3.8, 4) is 0 Å². The number of allylic oxidation sites excluding steroid dienone is 2. The normalized spacial score (nSPS) is 19.1. The summed E-state index contributed by atoms with van der Waals surface area (Å²) < 4.78 is 0. The highest BCUT2D eigenvalue weighted by atomic mass is 28.3. The molecule has 3 aromatic rings. The van der Waals surface area contributed by atoms with Crippen LogP contribution < -0.4 is 10.4 Å². The fourth-order valence-corrected chi connectivity index (χ4v) is 12.8. The molecule has 1 unspecified atom stereocenters. The molecule has 2 heteroatoms. The van der Waals surface area contributed by atoms with Crippen molar-refractivity contribution in [2.75, 3.05) is 0 Å². The van der Waals surface area contributed by atoms with Crippen LogP contribution in [0.25, 0.3) is 0 Å². The van der Waals surface area contributed by atoms with Gasteiger partial charge in [-0.1, -0.05) is 147 Å².